The monoisotopic (exact) mass is 440 g/mol. The Hall–Kier alpha value is -2.60. The van der Waals surface area contributed by atoms with Gasteiger partial charge in [0.05, 0.1) is 20.0 Å². The van der Waals surface area contributed by atoms with Crippen LogP contribution in [0.5, 0.6) is 0 Å². The molecular weight excluding hydrogens is 428 g/mol. The molecule has 0 saturated heterocycles. The molecule has 1 heterocycles. The van der Waals surface area contributed by atoms with E-state index in [0.717, 1.165) is 11.3 Å². The summed E-state index contributed by atoms with van der Waals surface area (Å²) in [4.78, 5) is 26.5. The Morgan fingerprint density at radius 3 is 2.61 bits per heavy atom. The first-order valence-corrected chi connectivity index (χ1v) is 10.5. The molecule has 3 rings (SSSR count). The summed E-state index contributed by atoms with van der Waals surface area (Å²) < 4.78 is 27.2. The number of benzene rings is 2. The molecule has 0 unspecified atom stereocenters. The molecule has 28 heavy (non-hydrogen) atoms. The Morgan fingerprint density at radius 1 is 1.21 bits per heavy atom. The number of thiazole rings is 1. The summed E-state index contributed by atoms with van der Waals surface area (Å²) in [5.41, 5.74) is 0.458. The summed E-state index contributed by atoms with van der Waals surface area (Å²) >= 11 is 6.83. The molecule has 1 amide bonds. The number of halogens is 1. The number of aromatic nitrogens is 1. The molecule has 0 aliphatic carbocycles. The van der Waals surface area contributed by atoms with Crippen molar-refractivity contribution >= 4 is 59.9 Å². The zero-order valence-electron chi connectivity index (χ0n) is 14.1. The van der Waals surface area contributed by atoms with Crippen molar-refractivity contribution in [2.24, 2.45) is 0 Å². The highest BCUT2D eigenvalue weighted by molar-refractivity contribution is 7.89. The zero-order valence-corrected chi connectivity index (χ0v) is 16.5. The summed E-state index contributed by atoms with van der Waals surface area (Å²) in [6.45, 7) is -0.104. The van der Waals surface area contributed by atoms with Crippen molar-refractivity contribution in [1.82, 2.24) is 9.71 Å². The van der Waals surface area contributed by atoms with Gasteiger partial charge in [-0.15, -0.1) is 0 Å². The Labute approximate surface area is 168 Å². The van der Waals surface area contributed by atoms with Crippen LogP contribution < -0.4 is 10.0 Å². The van der Waals surface area contributed by atoms with Crippen LogP contribution in [0.3, 0.4) is 0 Å². The lowest BCUT2D eigenvalue weighted by Gasteiger charge is -2.06. The van der Waals surface area contributed by atoms with Gasteiger partial charge < -0.3 is 5.32 Å². The number of amides is 1. The van der Waals surface area contributed by atoms with Gasteiger partial charge in [-0.2, -0.15) is 0 Å². The highest BCUT2D eigenvalue weighted by Crippen LogP contribution is 2.29. The average Bonchev–Trinajstić information content (AvgIpc) is 3.03. The van der Waals surface area contributed by atoms with Gasteiger partial charge >= 0.3 is 0 Å². The van der Waals surface area contributed by atoms with E-state index in [2.05, 4.69) is 15.0 Å². The van der Waals surface area contributed by atoms with Gasteiger partial charge in [-0.25, -0.2) is 18.1 Å². The van der Waals surface area contributed by atoms with E-state index in [-0.39, 0.29) is 28.7 Å². The third kappa shape index (κ3) is 4.81. The molecule has 0 fully saturated rings. The standard InChI is InChI=1S/C16H13ClN4O5S2/c17-10-1-4-12(5-2-10)28(25,26)18-8-7-15(22)20-16-19-13-6-3-11(21(23)24)9-14(13)27-16/h1-6,9,18H,7-8H2,(H,19,20,22). The lowest BCUT2D eigenvalue weighted by atomic mass is 10.3. The maximum atomic E-state index is 12.1. The van der Waals surface area contributed by atoms with Gasteiger partial charge in [0.2, 0.25) is 15.9 Å². The van der Waals surface area contributed by atoms with Crippen molar-refractivity contribution in [3.63, 3.8) is 0 Å². The topological polar surface area (TPSA) is 131 Å². The number of nitrogens with one attached hydrogen (secondary N) is 2. The number of sulfonamides is 1. The molecule has 0 saturated carbocycles. The van der Waals surface area contributed by atoms with Crippen molar-refractivity contribution in [2.45, 2.75) is 11.3 Å². The Kier molecular flexibility index (Phi) is 5.89. The summed E-state index contributed by atoms with van der Waals surface area (Å²) in [6, 6.07) is 9.86. The second-order valence-electron chi connectivity index (χ2n) is 5.58. The fourth-order valence-corrected chi connectivity index (χ4v) is 4.33. The average molecular weight is 441 g/mol. The number of non-ortho nitro benzene ring substituents is 1. The molecule has 0 aliphatic rings. The van der Waals surface area contributed by atoms with Gasteiger partial charge in [0.15, 0.2) is 5.13 Å². The predicted molar refractivity (Wildman–Crippen MR) is 106 cm³/mol. The molecule has 0 radical (unpaired) electrons. The van der Waals surface area contributed by atoms with Gasteiger partial charge in [-0.3, -0.25) is 14.9 Å². The van der Waals surface area contributed by atoms with Gasteiger partial charge in [0.25, 0.3) is 5.69 Å². The first kappa shape index (κ1) is 20.1. The number of nitro groups is 1. The van der Waals surface area contributed by atoms with E-state index in [9.17, 15) is 23.3 Å². The van der Waals surface area contributed by atoms with Crippen molar-refractivity contribution in [3.05, 3.63) is 57.6 Å². The minimum absolute atomic E-state index is 0.0464. The van der Waals surface area contributed by atoms with E-state index in [1.54, 1.807) is 0 Å². The van der Waals surface area contributed by atoms with E-state index >= 15 is 0 Å². The predicted octanol–water partition coefficient (Wildman–Crippen LogP) is 3.17. The van der Waals surface area contributed by atoms with E-state index in [1.807, 2.05) is 0 Å². The molecule has 0 atom stereocenters. The summed E-state index contributed by atoms with van der Waals surface area (Å²) in [5.74, 6) is -0.438. The number of fused-ring (bicyclic) bond motifs is 1. The molecule has 3 aromatic rings. The molecule has 12 heteroatoms. The van der Waals surface area contributed by atoms with Crippen molar-refractivity contribution in [1.29, 1.82) is 0 Å². The van der Waals surface area contributed by atoms with E-state index < -0.39 is 20.9 Å². The second-order valence-corrected chi connectivity index (χ2v) is 8.81. The van der Waals surface area contributed by atoms with Crippen LogP contribution in [-0.2, 0) is 14.8 Å². The van der Waals surface area contributed by atoms with Crippen LogP contribution >= 0.6 is 22.9 Å². The Balaban J connectivity index is 1.57. The molecule has 0 bridgehead atoms. The first-order chi connectivity index (χ1) is 13.2. The minimum Gasteiger partial charge on any atom is -0.302 e. The Morgan fingerprint density at radius 2 is 1.93 bits per heavy atom. The molecule has 1 aromatic heterocycles. The highest BCUT2D eigenvalue weighted by Gasteiger charge is 2.15. The van der Waals surface area contributed by atoms with Crippen molar-refractivity contribution < 1.29 is 18.1 Å². The third-order valence-corrected chi connectivity index (χ3v) is 6.26. The lowest BCUT2D eigenvalue weighted by molar-refractivity contribution is -0.384. The maximum Gasteiger partial charge on any atom is 0.270 e. The number of carbonyl (C=O) groups excluding carboxylic acids is 1. The fourth-order valence-electron chi connectivity index (χ4n) is 2.26. The van der Waals surface area contributed by atoms with E-state index in [1.165, 1.54) is 42.5 Å². The molecular formula is C16H13ClN4O5S2. The van der Waals surface area contributed by atoms with Gasteiger partial charge in [0, 0.05) is 30.1 Å². The fraction of sp³-hybridized carbons (Fsp3) is 0.125. The van der Waals surface area contributed by atoms with Gasteiger partial charge in [-0.1, -0.05) is 22.9 Å². The summed E-state index contributed by atoms with van der Waals surface area (Å²) in [5, 5.41) is 14.1. The van der Waals surface area contributed by atoms with Gasteiger partial charge in [0.1, 0.15) is 0 Å². The molecule has 9 nitrogen and oxygen atoms in total. The number of hydrogen-bond donors (Lipinski definition) is 2. The number of nitrogens with zero attached hydrogens (tertiary/aromatic N) is 2. The quantitative estimate of drug-likeness (QED) is 0.428. The lowest BCUT2D eigenvalue weighted by Crippen LogP contribution is -2.27. The number of rotatable bonds is 7. The summed E-state index contributed by atoms with van der Waals surface area (Å²) in [6.07, 6.45) is -0.108. The van der Waals surface area contributed by atoms with E-state index in [0.29, 0.717) is 15.2 Å². The zero-order chi connectivity index (χ0) is 20.3. The van der Waals surface area contributed by atoms with E-state index in [4.69, 9.17) is 11.6 Å². The first-order valence-electron chi connectivity index (χ1n) is 7.85. The smallest absolute Gasteiger partial charge is 0.270 e. The number of anilines is 1. The maximum absolute atomic E-state index is 12.1. The molecule has 0 spiro atoms. The van der Waals surface area contributed by atoms with Crippen molar-refractivity contribution in [2.75, 3.05) is 11.9 Å². The number of nitro benzene ring substituents is 1. The van der Waals surface area contributed by atoms with Crippen LogP contribution in [0.4, 0.5) is 10.8 Å². The van der Waals surface area contributed by atoms with Crippen LogP contribution in [-0.4, -0.2) is 30.8 Å². The van der Waals surface area contributed by atoms with Crippen LogP contribution in [0.2, 0.25) is 5.02 Å². The molecule has 2 N–H and O–H groups in total. The van der Waals surface area contributed by atoms with Gasteiger partial charge in [-0.05, 0) is 30.3 Å². The highest BCUT2D eigenvalue weighted by atomic mass is 35.5. The molecule has 0 aliphatic heterocycles. The molecule has 146 valence electrons. The molecule has 2 aromatic carbocycles. The van der Waals surface area contributed by atoms with Crippen LogP contribution in [0, 0.1) is 10.1 Å². The normalized spacial score (nSPS) is 11.5. The van der Waals surface area contributed by atoms with Crippen molar-refractivity contribution in [3.8, 4) is 0 Å². The van der Waals surface area contributed by atoms with Crippen LogP contribution in [0.1, 0.15) is 6.42 Å². The third-order valence-electron chi connectivity index (χ3n) is 3.60. The summed E-state index contributed by atoms with van der Waals surface area (Å²) in [7, 11) is -3.74. The largest absolute Gasteiger partial charge is 0.302 e. The number of hydrogen-bond acceptors (Lipinski definition) is 7. The Bertz CT molecular complexity index is 1150. The second kappa shape index (κ2) is 8.19. The van der Waals surface area contributed by atoms with Crippen LogP contribution in [0.25, 0.3) is 10.2 Å². The SMILES string of the molecule is O=C(CCNS(=O)(=O)c1ccc(Cl)cc1)Nc1nc2ccc([N+](=O)[O-])cc2s1. The minimum atomic E-state index is -3.74. The number of carbonyl (C=O) groups is 1. The van der Waals surface area contributed by atoms with Crippen LogP contribution in [0.15, 0.2) is 47.4 Å².